The van der Waals surface area contributed by atoms with Gasteiger partial charge in [-0.3, -0.25) is 4.79 Å². The van der Waals surface area contributed by atoms with Crippen molar-refractivity contribution in [2.45, 2.75) is 13.1 Å². The molecule has 1 heterocycles. The predicted octanol–water partition coefficient (Wildman–Crippen LogP) is 4.99. The van der Waals surface area contributed by atoms with Gasteiger partial charge in [-0.25, -0.2) is 10.2 Å². The number of rotatable bonds is 5. The number of carboxylic acid groups (broad SMARTS) is 1. The van der Waals surface area contributed by atoms with Crippen molar-refractivity contribution in [1.29, 1.82) is 0 Å². The molecule has 0 atom stereocenters. The Bertz CT molecular complexity index is 1150. The summed E-state index contributed by atoms with van der Waals surface area (Å²) in [5.41, 5.74) is 2.78. The summed E-state index contributed by atoms with van der Waals surface area (Å²) in [6, 6.07) is 9.67. The third kappa shape index (κ3) is 4.92. The van der Waals surface area contributed by atoms with Crippen molar-refractivity contribution >= 4 is 28.9 Å². The maximum absolute atomic E-state index is 12.7. The van der Waals surface area contributed by atoms with E-state index in [4.69, 9.17) is 5.11 Å². The Hall–Kier alpha value is -3.66. The van der Waals surface area contributed by atoms with Crippen LogP contribution < -0.4 is 5.43 Å². The Morgan fingerprint density at radius 1 is 1.00 bits per heavy atom. The minimum absolute atomic E-state index is 0.0372. The quantitative estimate of drug-likeness (QED) is 0.378. The fourth-order valence-electron chi connectivity index (χ4n) is 2.65. The normalized spacial score (nSPS) is 11.9. The summed E-state index contributed by atoms with van der Waals surface area (Å²) < 4.78 is 38.1. The second kappa shape index (κ2) is 8.60. The molecule has 6 nitrogen and oxygen atoms in total. The highest BCUT2D eigenvalue weighted by atomic mass is 32.1. The molecule has 31 heavy (non-hydrogen) atoms. The first kappa shape index (κ1) is 22.0. The number of nitrogens with zero attached hydrogens (tertiary/aromatic N) is 1. The first-order valence-corrected chi connectivity index (χ1v) is 9.62. The minimum atomic E-state index is -4.45. The van der Waals surface area contributed by atoms with Crippen LogP contribution in [0.15, 0.2) is 59.0 Å². The summed E-state index contributed by atoms with van der Waals surface area (Å²) in [5.74, 6) is -1.85. The van der Waals surface area contributed by atoms with Crippen molar-refractivity contribution in [2.75, 3.05) is 0 Å². The van der Waals surface area contributed by atoms with Crippen LogP contribution in [0.4, 0.5) is 13.2 Å². The Labute approximate surface area is 178 Å². The molecule has 10 heteroatoms. The molecule has 0 spiro atoms. The number of aromatic hydroxyl groups is 1. The number of thiophene rings is 1. The van der Waals surface area contributed by atoms with E-state index in [0.717, 1.165) is 23.5 Å². The Balaban J connectivity index is 1.76. The van der Waals surface area contributed by atoms with E-state index in [0.29, 0.717) is 16.0 Å². The summed E-state index contributed by atoms with van der Waals surface area (Å²) in [7, 11) is 0. The van der Waals surface area contributed by atoms with Crippen LogP contribution in [-0.2, 0) is 6.18 Å². The van der Waals surface area contributed by atoms with Crippen LogP contribution in [0.5, 0.6) is 5.75 Å². The molecule has 0 fully saturated rings. The number of amides is 1. The van der Waals surface area contributed by atoms with Crippen LogP contribution in [0, 0.1) is 0 Å². The fraction of sp³-hybridized carbons (Fsp3) is 0.0952. The number of hydrogen-bond acceptors (Lipinski definition) is 5. The number of carbonyl (C=O) groups excluding carboxylic acids is 1. The van der Waals surface area contributed by atoms with Gasteiger partial charge in [0.1, 0.15) is 5.75 Å². The summed E-state index contributed by atoms with van der Waals surface area (Å²) in [5, 5.41) is 24.9. The average molecular weight is 448 g/mol. The monoisotopic (exact) mass is 448 g/mol. The third-order valence-corrected chi connectivity index (χ3v) is 5.37. The Kier molecular flexibility index (Phi) is 6.11. The van der Waals surface area contributed by atoms with Crippen molar-refractivity contribution in [1.82, 2.24) is 5.43 Å². The Morgan fingerprint density at radius 3 is 2.13 bits per heavy atom. The second-order valence-corrected chi connectivity index (χ2v) is 7.30. The fourth-order valence-corrected chi connectivity index (χ4v) is 3.66. The van der Waals surface area contributed by atoms with Gasteiger partial charge < -0.3 is 10.2 Å². The molecule has 2 aromatic carbocycles. The minimum Gasteiger partial charge on any atom is -0.506 e. The lowest BCUT2D eigenvalue weighted by Gasteiger charge is -2.07. The molecule has 0 unspecified atom stereocenters. The van der Waals surface area contributed by atoms with Crippen LogP contribution in [-0.4, -0.2) is 27.8 Å². The largest absolute Gasteiger partial charge is 0.506 e. The zero-order valence-corrected chi connectivity index (χ0v) is 16.7. The van der Waals surface area contributed by atoms with Gasteiger partial charge in [0, 0.05) is 10.9 Å². The van der Waals surface area contributed by atoms with Gasteiger partial charge in [0.05, 0.1) is 27.3 Å². The number of hydrogen-bond donors (Lipinski definition) is 3. The van der Waals surface area contributed by atoms with Gasteiger partial charge >= 0.3 is 12.1 Å². The molecule has 0 saturated carbocycles. The highest BCUT2D eigenvalue weighted by Crippen LogP contribution is 2.39. The molecule has 3 N–H and O–H groups in total. The highest BCUT2D eigenvalue weighted by molar-refractivity contribution is 7.14. The van der Waals surface area contributed by atoms with Gasteiger partial charge in [-0.05, 0) is 48.9 Å². The molecule has 1 aromatic heterocycles. The maximum Gasteiger partial charge on any atom is 0.416 e. The van der Waals surface area contributed by atoms with Crippen molar-refractivity contribution in [3.63, 3.8) is 0 Å². The maximum atomic E-state index is 12.7. The van der Waals surface area contributed by atoms with Crippen LogP contribution in [0.25, 0.3) is 10.4 Å². The average Bonchev–Trinajstić information content (AvgIpc) is 3.12. The number of halogens is 3. The summed E-state index contributed by atoms with van der Waals surface area (Å²) in [4.78, 5) is 23.4. The van der Waals surface area contributed by atoms with E-state index in [2.05, 4.69) is 10.5 Å². The standard InChI is InChI=1S/C21H15F3N2O4S/c1-11(25-26-19(28)13-2-4-14(5-3-13)20(29)30)16-10-31-18(17(16)27)12-6-8-15(9-7-12)21(22,23)24/h2-10,27H,1H3,(H,26,28)(H,29,30)/b25-11+. The van der Waals surface area contributed by atoms with Gasteiger partial charge in [0.25, 0.3) is 5.91 Å². The van der Waals surface area contributed by atoms with Gasteiger partial charge in [0.2, 0.25) is 0 Å². The number of alkyl halides is 3. The van der Waals surface area contributed by atoms with Crippen molar-refractivity contribution in [2.24, 2.45) is 5.10 Å². The van der Waals surface area contributed by atoms with Gasteiger partial charge in [-0.2, -0.15) is 18.3 Å². The molecule has 3 rings (SSSR count). The smallest absolute Gasteiger partial charge is 0.416 e. The van der Waals surface area contributed by atoms with Gasteiger partial charge in [-0.15, -0.1) is 11.3 Å². The number of carbonyl (C=O) groups is 2. The van der Waals surface area contributed by atoms with Crippen molar-refractivity contribution in [3.8, 4) is 16.2 Å². The van der Waals surface area contributed by atoms with Gasteiger partial charge in [-0.1, -0.05) is 12.1 Å². The lowest BCUT2D eigenvalue weighted by molar-refractivity contribution is -0.137. The summed E-state index contributed by atoms with van der Waals surface area (Å²) in [6.45, 7) is 1.55. The zero-order valence-electron chi connectivity index (χ0n) is 15.9. The number of nitrogens with one attached hydrogen (secondary N) is 1. The van der Waals surface area contributed by atoms with E-state index >= 15 is 0 Å². The van der Waals surface area contributed by atoms with Crippen molar-refractivity contribution in [3.05, 3.63) is 76.2 Å². The highest BCUT2D eigenvalue weighted by Gasteiger charge is 2.30. The van der Waals surface area contributed by atoms with E-state index in [1.54, 1.807) is 12.3 Å². The van der Waals surface area contributed by atoms with Crippen molar-refractivity contribution < 1.29 is 33.0 Å². The Morgan fingerprint density at radius 2 is 1.58 bits per heavy atom. The molecule has 0 aliphatic rings. The molecule has 0 saturated heterocycles. The first-order valence-electron chi connectivity index (χ1n) is 8.74. The number of carboxylic acids is 1. The molecule has 1 amide bonds. The van der Waals surface area contributed by atoms with Crippen LogP contribution >= 0.6 is 11.3 Å². The molecule has 0 aliphatic carbocycles. The molecule has 0 bridgehead atoms. The lowest BCUT2D eigenvalue weighted by atomic mass is 10.1. The summed E-state index contributed by atoms with van der Waals surface area (Å²) >= 11 is 1.13. The zero-order chi connectivity index (χ0) is 22.8. The van der Waals surface area contributed by atoms with E-state index in [9.17, 15) is 27.9 Å². The third-order valence-electron chi connectivity index (χ3n) is 4.35. The number of hydrazone groups is 1. The van der Waals surface area contributed by atoms with E-state index in [-0.39, 0.29) is 22.6 Å². The molecular weight excluding hydrogens is 433 g/mol. The summed E-state index contributed by atoms with van der Waals surface area (Å²) in [6.07, 6.45) is -4.45. The van der Waals surface area contributed by atoms with E-state index in [1.165, 1.54) is 36.4 Å². The van der Waals surface area contributed by atoms with E-state index < -0.39 is 23.6 Å². The number of benzene rings is 2. The molecular formula is C21H15F3N2O4S. The first-order chi connectivity index (χ1) is 14.6. The van der Waals surface area contributed by atoms with Crippen LogP contribution in [0.3, 0.4) is 0 Å². The number of aromatic carboxylic acids is 1. The van der Waals surface area contributed by atoms with E-state index in [1.807, 2.05) is 0 Å². The lowest BCUT2D eigenvalue weighted by Crippen LogP contribution is -2.19. The molecule has 0 radical (unpaired) electrons. The molecule has 160 valence electrons. The SMILES string of the molecule is C/C(=N\NC(=O)c1ccc(C(=O)O)cc1)c1csc(-c2ccc(C(F)(F)F)cc2)c1O. The molecule has 0 aliphatic heterocycles. The second-order valence-electron chi connectivity index (χ2n) is 6.42. The van der Waals surface area contributed by atoms with Crippen LogP contribution in [0.1, 0.15) is 38.8 Å². The predicted molar refractivity (Wildman–Crippen MR) is 110 cm³/mol. The topological polar surface area (TPSA) is 99.0 Å². The van der Waals surface area contributed by atoms with Crippen LogP contribution in [0.2, 0.25) is 0 Å². The van der Waals surface area contributed by atoms with Gasteiger partial charge in [0.15, 0.2) is 0 Å². The molecule has 3 aromatic rings.